The molecule has 0 bridgehead atoms. The lowest BCUT2D eigenvalue weighted by Gasteiger charge is -2.36. The molecule has 0 aromatic heterocycles. The molecule has 3 saturated heterocycles. The van der Waals surface area contributed by atoms with Crippen molar-refractivity contribution in [3.05, 3.63) is 35.9 Å². The predicted molar refractivity (Wildman–Crippen MR) is 134 cm³/mol. The van der Waals surface area contributed by atoms with E-state index in [4.69, 9.17) is 4.74 Å². The number of fused-ring (bicyclic) bond motifs is 1. The SMILES string of the molecule is CCC(CNC(=NC)N1CC2OCCN(Cc3ccccc3)C2C1)N1CCCC1.I. The minimum absolute atomic E-state index is 0. The lowest BCUT2D eigenvalue weighted by molar-refractivity contribution is -0.0502. The lowest BCUT2D eigenvalue weighted by Crippen LogP contribution is -2.50. The maximum atomic E-state index is 6.15. The molecule has 168 valence electrons. The van der Waals surface area contributed by atoms with Gasteiger partial charge in [0.2, 0.25) is 0 Å². The molecule has 6 nitrogen and oxygen atoms in total. The van der Waals surface area contributed by atoms with Gasteiger partial charge < -0.3 is 15.0 Å². The van der Waals surface area contributed by atoms with Crippen molar-refractivity contribution in [2.24, 2.45) is 4.99 Å². The fourth-order valence-corrected chi connectivity index (χ4v) is 5.13. The monoisotopic (exact) mass is 527 g/mol. The van der Waals surface area contributed by atoms with Crippen LogP contribution in [0.15, 0.2) is 35.3 Å². The van der Waals surface area contributed by atoms with E-state index < -0.39 is 0 Å². The Kier molecular flexibility index (Phi) is 9.22. The fraction of sp³-hybridized carbons (Fsp3) is 0.696. The molecular weight excluding hydrogens is 489 g/mol. The Labute approximate surface area is 199 Å². The summed E-state index contributed by atoms with van der Waals surface area (Å²) in [6.45, 7) is 10.5. The first-order valence-corrected chi connectivity index (χ1v) is 11.4. The molecule has 3 heterocycles. The summed E-state index contributed by atoms with van der Waals surface area (Å²) < 4.78 is 6.15. The molecule has 7 heteroatoms. The largest absolute Gasteiger partial charge is 0.373 e. The summed E-state index contributed by atoms with van der Waals surface area (Å²) in [5.74, 6) is 1.03. The average Bonchev–Trinajstić information content (AvgIpc) is 3.43. The van der Waals surface area contributed by atoms with E-state index in [2.05, 4.69) is 62.3 Å². The highest BCUT2D eigenvalue weighted by Crippen LogP contribution is 2.24. The molecule has 3 atom stereocenters. The van der Waals surface area contributed by atoms with Crippen LogP contribution in [-0.4, -0.2) is 91.8 Å². The third-order valence-electron chi connectivity index (χ3n) is 6.78. The number of nitrogens with zero attached hydrogens (tertiary/aromatic N) is 4. The van der Waals surface area contributed by atoms with E-state index in [1.807, 2.05) is 7.05 Å². The number of guanidine groups is 1. The zero-order chi connectivity index (χ0) is 20.1. The van der Waals surface area contributed by atoms with E-state index in [1.165, 1.54) is 37.9 Å². The first kappa shape index (κ1) is 23.8. The quantitative estimate of drug-likeness (QED) is 0.350. The minimum Gasteiger partial charge on any atom is -0.373 e. The molecule has 1 aromatic rings. The molecule has 4 rings (SSSR count). The molecule has 0 saturated carbocycles. The van der Waals surface area contributed by atoms with Crippen LogP contribution in [0.25, 0.3) is 0 Å². The number of hydrogen-bond donors (Lipinski definition) is 1. The average molecular weight is 527 g/mol. The first-order chi connectivity index (χ1) is 14.3. The zero-order valence-electron chi connectivity index (χ0n) is 18.5. The second kappa shape index (κ2) is 11.6. The van der Waals surface area contributed by atoms with E-state index >= 15 is 0 Å². The Morgan fingerprint density at radius 1 is 1.17 bits per heavy atom. The summed E-state index contributed by atoms with van der Waals surface area (Å²) in [4.78, 5) is 12.2. The number of morpholine rings is 1. The van der Waals surface area contributed by atoms with E-state index in [1.54, 1.807) is 0 Å². The number of rotatable bonds is 6. The molecule has 1 aromatic carbocycles. The molecule has 0 aliphatic carbocycles. The number of likely N-dealkylation sites (tertiary alicyclic amines) is 2. The number of benzene rings is 1. The van der Waals surface area contributed by atoms with Crippen LogP contribution in [0.4, 0.5) is 0 Å². The van der Waals surface area contributed by atoms with Gasteiger partial charge in [-0.15, -0.1) is 24.0 Å². The Balaban J connectivity index is 0.00000256. The number of hydrogen-bond acceptors (Lipinski definition) is 4. The summed E-state index contributed by atoms with van der Waals surface area (Å²) in [6, 6.07) is 11.8. The maximum absolute atomic E-state index is 6.15. The minimum atomic E-state index is 0. The van der Waals surface area contributed by atoms with E-state index in [9.17, 15) is 0 Å². The van der Waals surface area contributed by atoms with Crippen LogP contribution in [0.5, 0.6) is 0 Å². The van der Waals surface area contributed by atoms with Crippen molar-refractivity contribution < 1.29 is 4.74 Å². The Morgan fingerprint density at radius 2 is 1.93 bits per heavy atom. The van der Waals surface area contributed by atoms with Crippen LogP contribution in [0, 0.1) is 0 Å². The van der Waals surface area contributed by atoms with Crippen LogP contribution >= 0.6 is 24.0 Å². The normalized spacial score (nSPS) is 26.3. The van der Waals surface area contributed by atoms with Crippen LogP contribution in [0.1, 0.15) is 31.7 Å². The van der Waals surface area contributed by atoms with Gasteiger partial charge in [-0.05, 0) is 37.9 Å². The predicted octanol–water partition coefficient (Wildman–Crippen LogP) is 2.64. The molecule has 0 radical (unpaired) electrons. The highest BCUT2D eigenvalue weighted by molar-refractivity contribution is 14.0. The highest BCUT2D eigenvalue weighted by atomic mass is 127. The molecule has 30 heavy (non-hydrogen) atoms. The molecule has 3 fully saturated rings. The van der Waals surface area contributed by atoms with Gasteiger partial charge in [0.1, 0.15) is 0 Å². The van der Waals surface area contributed by atoms with Crippen molar-refractivity contribution in [2.75, 3.05) is 52.9 Å². The van der Waals surface area contributed by atoms with Gasteiger partial charge in [0.15, 0.2) is 5.96 Å². The van der Waals surface area contributed by atoms with Crippen molar-refractivity contribution in [1.29, 1.82) is 0 Å². The summed E-state index contributed by atoms with van der Waals surface area (Å²) in [6.07, 6.45) is 4.14. The smallest absolute Gasteiger partial charge is 0.193 e. The second-order valence-electron chi connectivity index (χ2n) is 8.57. The number of aliphatic imine (C=N–C) groups is 1. The highest BCUT2D eigenvalue weighted by Gasteiger charge is 2.41. The zero-order valence-corrected chi connectivity index (χ0v) is 20.8. The van der Waals surface area contributed by atoms with Crippen LogP contribution in [-0.2, 0) is 11.3 Å². The number of nitrogens with one attached hydrogen (secondary N) is 1. The standard InChI is InChI=1S/C23H37N5O.HI/c1-3-20(26-11-7-8-12-26)15-25-23(24-2)28-17-21-22(18-28)29-14-13-27(21)16-19-9-5-4-6-10-19;/h4-6,9-10,20-22H,3,7-8,11-18H2,1-2H3,(H,24,25);1H. The third kappa shape index (κ3) is 5.66. The van der Waals surface area contributed by atoms with Crippen molar-refractivity contribution in [3.8, 4) is 0 Å². The van der Waals surface area contributed by atoms with Gasteiger partial charge in [-0.3, -0.25) is 14.8 Å². The molecule has 0 amide bonds. The van der Waals surface area contributed by atoms with Gasteiger partial charge in [0, 0.05) is 45.8 Å². The fourth-order valence-electron chi connectivity index (χ4n) is 5.13. The van der Waals surface area contributed by atoms with Crippen LogP contribution in [0.2, 0.25) is 0 Å². The molecular formula is C23H38IN5O. The summed E-state index contributed by atoms with van der Waals surface area (Å²) in [7, 11) is 1.91. The summed E-state index contributed by atoms with van der Waals surface area (Å²) in [5.41, 5.74) is 1.38. The van der Waals surface area contributed by atoms with Gasteiger partial charge in [-0.2, -0.15) is 0 Å². The topological polar surface area (TPSA) is 43.3 Å². The maximum Gasteiger partial charge on any atom is 0.193 e. The van der Waals surface area contributed by atoms with Gasteiger partial charge in [-0.25, -0.2) is 0 Å². The Bertz CT molecular complexity index is 667. The van der Waals surface area contributed by atoms with Crippen molar-refractivity contribution in [2.45, 2.75) is 50.9 Å². The molecule has 3 unspecified atom stereocenters. The summed E-state index contributed by atoms with van der Waals surface area (Å²) in [5, 5.41) is 3.67. The van der Waals surface area contributed by atoms with Crippen molar-refractivity contribution in [1.82, 2.24) is 20.0 Å². The first-order valence-electron chi connectivity index (χ1n) is 11.4. The van der Waals surface area contributed by atoms with Crippen molar-refractivity contribution in [3.63, 3.8) is 0 Å². The van der Waals surface area contributed by atoms with Crippen LogP contribution in [0.3, 0.4) is 0 Å². The molecule has 1 N–H and O–H groups in total. The van der Waals surface area contributed by atoms with Crippen LogP contribution < -0.4 is 5.32 Å². The number of ether oxygens (including phenoxy) is 1. The van der Waals surface area contributed by atoms with E-state index in [-0.39, 0.29) is 30.1 Å². The number of halogens is 1. The second-order valence-corrected chi connectivity index (χ2v) is 8.57. The van der Waals surface area contributed by atoms with Gasteiger partial charge in [0.25, 0.3) is 0 Å². The van der Waals surface area contributed by atoms with Crippen molar-refractivity contribution >= 4 is 29.9 Å². The van der Waals surface area contributed by atoms with E-state index in [0.717, 1.165) is 45.3 Å². The Hall–Kier alpha value is -0.900. The van der Waals surface area contributed by atoms with E-state index in [0.29, 0.717) is 12.1 Å². The molecule has 3 aliphatic heterocycles. The summed E-state index contributed by atoms with van der Waals surface area (Å²) >= 11 is 0. The van der Waals surface area contributed by atoms with Gasteiger partial charge in [-0.1, -0.05) is 37.3 Å². The van der Waals surface area contributed by atoms with Gasteiger partial charge >= 0.3 is 0 Å². The Morgan fingerprint density at radius 3 is 2.63 bits per heavy atom. The third-order valence-corrected chi connectivity index (χ3v) is 6.78. The molecule has 0 spiro atoms. The van der Waals surface area contributed by atoms with Gasteiger partial charge in [0.05, 0.1) is 18.8 Å². The molecule has 3 aliphatic rings. The lowest BCUT2D eigenvalue weighted by atomic mass is 10.1.